The third-order valence-corrected chi connectivity index (χ3v) is 19.4. The summed E-state index contributed by atoms with van der Waals surface area (Å²) < 4.78 is 0. The fraction of sp³-hybridized carbons (Fsp3) is 0.824. The van der Waals surface area contributed by atoms with Crippen LogP contribution in [0.1, 0.15) is 55.4 Å². The van der Waals surface area contributed by atoms with E-state index in [9.17, 15) is 0 Å². The van der Waals surface area contributed by atoms with Crippen molar-refractivity contribution in [3.05, 3.63) is 16.1 Å². The molecule has 0 unspecified atom stereocenters. The van der Waals surface area contributed by atoms with Crippen molar-refractivity contribution in [2.75, 3.05) is 0 Å². The first-order valence-corrected chi connectivity index (χ1v) is 13.5. The molecule has 0 aromatic rings. The Morgan fingerprint density at radius 1 is 0.684 bits per heavy atom. The summed E-state index contributed by atoms with van der Waals surface area (Å²) in [4.78, 5) is 1.72. The van der Waals surface area contributed by atoms with E-state index in [0.29, 0.717) is 10.1 Å². The highest BCUT2D eigenvalue weighted by Crippen LogP contribution is 2.49. The largest absolute Gasteiger partial charge is 0.132 e. The van der Waals surface area contributed by atoms with Gasteiger partial charge in [-0.25, -0.2) is 0 Å². The predicted molar refractivity (Wildman–Crippen MR) is 96.3 cm³/mol. The first kappa shape index (κ1) is 19.0. The Morgan fingerprint density at radius 3 is 1.11 bits per heavy atom. The maximum atomic E-state index is 3.83. The molecular weight excluding hydrogens is 260 g/mol. The quantitative estimate of drug-likeness (QED) is 0.399. The van der Waals surface area contributed by atoms with Crippen LogP contribution in [0.4, 0.5) is 0 Å². The summed E-state index contributed by atoms with van der Waals surface area (Å²) in [6.07, 6.45) is 0. The van der Waals surface area contributed by atoms with E-state index in [4.69, 9.17) is 0 Å². The fourth-order valence-corrected chi connectivity index (χ4v) is 13.2. The maximum Gasteiger partial charge on any atom is 0.0856 e. The van der Waals surface area contributed by atoms with Crippen LogP contribution in [0, 0.1) is 0 Å². The molecule has 0 aromatic heterocycles. The molecule has 0 amide bonds. The zero-order valence-corrected chi connectivity index (χ0v) is 17.5. The van der Waals surface area contributed by atoms with Crippen LogP contribution in [-0.2, 0) is 0 Å². The number of rotatable bonds is 2. The molecule has 0 N–H and O–H groups in total. The van der Waals surface area contributed by atoms with Gasteiger partial charge in [0.1, 0.15) is 0 Å². The molecule has 0 nitrogen and oxygen atoms in total. The molecule has 2 heteroatoms. The lowest BCUT2D eigenvalue weighted by atomic mass is 10.2. The van der Waals surface area contributed by atoms with E-state index in [2.05, 4.69) is 87.3 Å². The van der Waals surface area contributed by atoms with E-state index in [1.807, 2.05) is 0 Å². The third-order valence-electron chi connectivity index (χ3n) is 5.38. The topological polar surface area (TPSA) is 0 Å². The van der Waals surface area contributed by atoms with E-state index >= 15 is 0 Å². The van der Waals surface area contributed by atoms with Gasteiger partial charge in [-0.1, -0.05) is 72.6 Å². The third kappa shape index (κ3) is 3.96. The molecule has 0 heterocycles. The molecule has 0 atom stereocenters. The van der Waals surface area contributed by atoms with E-state index in [0.717, 1.165) is 0 Å². The maximum absolute atomic E-state index is 3.83. The molecule has 0 saturated carbocycles. The Kier molecular flexibility index (Phi) is 5.37. The normalized spacial score (nSPS) is 14.1. The van der Waals surface area contributed by atoms with Crippen LogP contribution in [0.25, 0.3) is 0 Å². The zero-order chi connectivity index (χ0) is 15.9. The van der Waals surface area contributed by atoms with E-state index in [1.165, 1.54) is 5.57 Å². The molecule has 0 saturated heterocycles. The van der Waals surface area contributed by atoms with Crippen molar-refractivity contribution in [2.24, 2.45) is 0 Å². The van der Waals surface area contributed by atoms with Gasteiger partial charge in [-0.2, -0.15) is 0 Å². The van der Waals surface area contributed by atoms with Crippen molar-refractivity contribution in [2.45, 2.75) is 91.7 Å². The highest BCUT2D eigenvalue weighted by Gasteiger charge is 2.49. The molecule has 0 fully saturated rings. The fourth-order valence-electron chi connectivity index (χ4n) is 2.09. The van der Waals surface area contributed by atoms with Crippen molar-refractivity contribution < 1.29 is 0 Å². The summed E-state index contributed by atoms with van der Waals surface area (Å²) in [7, 11) is -2.99. The molecule has 0 rings (SSSR count). The van der Waals surface area contributed by atoms with Crippen LogP contribution in [0.15, 0.2) is 16.1 Å². The lowest BCUT2D eigenvalue weighted by molar-refractivity contribution is 0.713. The first-order valence-electron chi connectivity index (χ1n) is 7.50. The van der Waals surface area contributed by atoms with Crippen LogP contribution in [-0.4, -0.2) is 16.1 Å². The summed E-state index contributed by atoms with van der Waals surface area (Å²) in [6.45, 7) is 29.0. The summed E-state index contributed by atoms with van der Waals surface area (Å²) in [5, 5.41) is 0.778. The zero-order valence-electron chi connectivity index (χ0n) is 15.5. The van der Waals surface area contributed by atoms with Crippen LogP contribution in [0.3, 0.4) is 0 Å². The van der Waals surface area contributed by atoms with Gasteiger partial charge in [0.05, 0.1) is 16.1 Å². The summed E-state index contributed by atoms with van der Waals surface area (Å²) in [5.41, 5.74) is 5.17. The van der Waals surface area contributed by atoms with Crippen molar-refractivity contribution in [3.63, 3.8) is 0 Å². The molecule has 112 valence electrons. The minimum absolute atomic E-state index is 0.389. The lowest BCUT2D eigenvalue weighted by Crippen LogP contribution is -2.53. The van der Waals surface area contributed by atoms with Gasteiger partial charge in [-0.15, -0.1) is 5.73 Å². The number of hydrogen-bond donors (Lipinski definition) is 0. The highest BCUT2D eigenvalue weighted by molar-refractivity contribution is 7.07. The lowest BCUT2D eigenvalue weighted by Gasteiger charge is -2.48. The molecule has 0 aliphatic heterocycles. The van der Waals surface area contributed by atoms with Gasteiger partial charge in [0, 0.05) is 0 Å². The minimum Gasteiger partial charge on any atom is -0.132 e. The average molecular weight is 297 g/mol. The van der Waals surface area contributed by atoms with Gasteiger partial charge in [-0.3, -0.25) is 0 Å². The van der Waals surface area contributed by atoms with Gasteiger partial charge < -0.3 is 0 Å². The van der Waals surface area contributed by atoms with Crippen molar-refractivity contribution >= 4 is 16.1 Å². The van der Waals surface area contributed by atoms with Gasteiger partial charge in [0.2, 0.25) is 0 Å². The van der Waals surface area contributed by atoms with Gasteiger partial charge >= 0.3 is 0 Å². The minimum atomic E-state index is -1.50. The monoisotopic (exact) mass is 296 g/mol. The van der Waals surface area contributed by atoms with Crippen LogP contribution < -0.4 is 0 Å². The first-order chi connectivity index (χ1) is 8.05. The van der Waals surface area contributed by atoms with Crippen molar-refractivity contribution in [3.8, 4) is 0 Å². The molecule has 0 radical (unpaired) electrons. The molecular formula is C17H36Si2. The van der Waals surface area contributed by atoms with Gasteiger partial charge in [0.15, 0.2) is 0 Å². The standard InChI is InChI=1S/C17H36Si2/c1-14(2)13-15(18(9,10)16(3,4)5)19(11,12)17(6,7)8/h1-12H3. The van der Waals surface area contributed by atoms with Crippen molar-refractivity contribution in [1.82, 2.24) is 0 Å². The Labute approximate surface area is 124 Å². The Bertz CT molecular complexity index is 360. The second-order valence-electron chi connectivity index (χ2n) is 9.25. The van der Waals surface area contributed by atoms with Crippen molar-refractivity contribution in [1.29, 1.82) is 0 Å². The van der Waals surface area contributed by atoms with Crippen LogP contribution >= 0.6 is 0 Å². The molecule has 0 bridgehead atoms. The summed E-state index contributed by atoms with van der Waals surface area (Å²) in [6, 6.07) is 0. The SMILES string of the molecule is CC(C)=C=C([Si](C)(C)C(C)(C)C)[Si](C)(C)C(C)(C)C. The van der Waals surface area contributed by atoms with Crippen LogP contribution in [0.2, 0.25) is 36.3 Å². The number of allylic oxidation sites excluding steroid dienone is 1. The summed E-state index contributed by atoms with van der Waals surface area (Å²) >= 11 is 0. The predicted octanol–water partition coefficient (Wildman–Crippen LogP) is 6.57. The Morgan fingerprint density at radius 2 is 0.947 bits per heavy atom. The molecule has 0 aliphatic rings. The molecule has 0 aromatic carbocycles. The number of hydrogen-bond acceptors (Lipinski definition) is 0. The Hall–Kier alpha value is -0.0462. The molecule has 19 heavy (non-hydrogen) atoms. The van der Waals surface area contributed by atoms with E-state index < -0.39 is 16.1 Å². The summed E-state index contributed by atoms with van der Waals surface area (Å²) in [5.74, 6) is 0. The Balaban J connectivity index is 6.31. The van der Waals surface area contributed by atoms with Crippen LogP contribution in [0.5, 0.6) is 0 Å². The van der Waals surface area contributed by atoms with E-state index in [-0.39, 0.29) is 0 Å². The average Bonchev–Trinajstić information content (AvgIpc) is 2.09. The van der Waals surface area contributed by atoms with Gasteiger partial charge in [-0.05, 0) is 29.5 Å². The molecule has 0 aliphatic carbocycles. The second kappa shape index (κ2) is 5.39. The van der Waals surface area contributed by atoms with Gasteiger partial charge in [0.25, 0.3) is 0 Å². The smallest absolute Gasteiger partial charge is 0.0856 e. The molecule has 0 spiro atoms. The van der Waals surface area contributed by atoms with E-state index in [1.54, 1.807) is 4.82 Å². The highest BCUT2D eigenvalue weighted by atomic mass is 28.4. The second-order valence-corrected chi connectivity index (χ2v) is 20.2.